The molecule has 0 saturated heterocycles. The Morgan fingerprint density at radius 3 is 2.42 bits per heavy atom. The number of phenols is 1. The molecule has 0 aliphatic rings. The summed E-state index contributed by atoms with van der Waals surface area (Å²) in [7, 11) is 2.96. The molecule has 0 fully saturated rings. The van der Waals surface area contributed by atoms with Crippen molar-refractivity contribution in [3.05, 3.63) is 52.4 Å². The van der Waals surface area contributed by atoms with E-state index in [1.807, 2.05) is 0 Å². The maximum absolute atomic E-state index is 12.8. The predicted octanol–water partition coefficient (Wildman–Crippen LogP) is 2.68. The summed E-state index contributed by atoms with van der Waals surface area (Å²) in [6, 6.07) is 8.43. The zero-order chi connectivity index (χ0) is 17.3. The molecule has 124 valence electrons. The third-order valence-corrected chi connectivity index (χ3v) is 3.88. The van der Waals surface area contributed by atoms with Crippen molar-refractivity contribution in [2.45, 2.75) is 6.61 Å². The molecule has 0 unspecified atom stereocenters. The Morgan fingerprint density at radius 1 is 1.12 bits per heavy atom. The molecule has 0 radical (unpaired) electrons. The van der Waals surface area contributed by atoms with Crippen LogP contribution in [0, 0.1) is 0 Å². The van der Waals surface area contributed by atoms with E-state index in [9.17, 15) is 15.0 Å². The summed E-state index contributed by atoms with van der Waals surface area (Å²) in [6.45, 7) is -0.436. The molecule has 2 aromatic carbocycles. The van der Waals surface area contributed by atoms with Crippen molar-refractivity contribution < 1.29 is 24.1 Å². The standard InChI is InChI=1S/C18H16O6/c1-22-11-5-3-10(4-6-11)14-9-24-18-12(16(14)20)7-15(23-2)13(8-19)17(18)21/h3-7,9,19,21H,8H2,1-2H3. The number of hydrogen-bond acceptors (Lipinski definition) is 6. The van der Waals surface area contributed by atoms with Crippen molar-refractivity contribution in [1.82, 2.24) is 0 Å². The topological polar surface area (TPSA) is 89.1 Å². The third-order valence-electron chi connectivity index (χ3n) is 3.88. The Balaban J connectivity index is 2.25. The zero-order valence-corrected chi connectivity index (χ0v) is 13.2. The number of methoxy groups -OCH3 is 2. The first-order valence-electron chi connectivity index (χ1n) is 7.20. The van der Waals surface area contributed by atoms with E-state index < -0.39 is 6.61 Å². The van der Waals surface area contributed by atoms with Crippen LogP contribution >= 0.6 is 0 Å². The molecular weight excluding hydrogens is 312 g/mol. The lowest BCUT2D eigenvalue weighted by atomic mass is 10.0. The van der Waals surface area contributed by atoms with Gasteiger partial charge in [0.25, 0.3) is 0 Å². The number of ether oxygens (including phenoxy) is 2. The molecule has 0 spiro atoms. The fourth-order valence-corrected chi connectivity index (χ4v) is 2.57. The van der Waals surface area contributed by atoms with Gasteiger partial charge in [0, 0.05) is 0 Å². The third kappa shape index (κ3) is 2.47. The van der Waals surface area contributed by atoms with E-state index in [-0.39, 0.29) is 33.5 Å². The van der Waals surface area contributed by atoms with Crippen LogP contribution in [-0.4, -0.2) is 24.4 Å². The molecule has 3 rings (SSSR count). The van der Waals surface area contributed by atoms with Crippen LogP contribution in [-0.2, 0) is 6.61 Å². The van der Waals surface area contributed by atoms with Crippen LogP contribution in [0.3, 0.4) is 0 Å². The fourth-order valence-electron chi connectivity index (χ4n) is 2.57. The Bertz CT molecular complexity index is 940. The first kappa shape index (κ1) is 15.9. The number of aliphatic hydroxyl groups is 1. The lowest BCUT2D eigenvalue weighted by Gasteiger charge is -2.11. The minimum absolute atomic E-state index is 0.0158. The fraction of sp³-hybridized carbons (Fsp3) is 0.167. The molecule has 3 aromatic rings. The predicted molar refractivity (Wildman–Crippen MR) is 88.6 cm³/mol. The van der Waals surface area contributed by atoms with Crippen LogP contribution in [0.5, 0.6) is 17.2 Å². The first-order chi connectivity index (χ1) is 11.6. The van der Waals surface area contributed by atoms with Gasteiger partial charge in [-0.2, -0.15) is 0 Å². The maximum atomic E-state index is 12.8. The van der Waals surface area contributed by atoms with Crippen LogP contribution in [0.1, 0.15) is 5.56 Å². The summed E-state index contributed by atoms with van der Waals surface area (Å²) in [4.78, 5) is 12.8. The van der Waals surface area contributed by atoms with Gasteiger partial charge >= 0.3 is 0 Å². The summed E-state index contributed by atoms with van der Waals surface area (Å²) in [6.07, 6.45) is 1.29. The van der Waals surface area contributed by atoms with E-state index in [0.29, 0.717) is 16.9 Å². The number of aromatic hydroxyl groups is 1. The molecule has 1 heterocycles. The molecule has 6 heteroatoms. The molecule has 1 aromatic heterocycles. The number of fused-ring (bicyclic) bond motifs is 1. The Kier molecular flexibility index (Phi) is 4.14. The van der Waals surface area contributed by atoms with E-state index in [2.05, 4.69) is 0 Å². The molecular formula is C18H16O6. The maximum Gasteiger partial charge on any atom is 0.200 e. The molecule has 0 bridgehead atoms. The smallest absolute Gasteiger partial charge is 0.200 e. The van der Waals surface area contributed by atoms with Crippen molar-refractivity contribution in [2.24, 2.45) is 0 Å². The summed E-state index contributed by atoms with van der Waals surface area (Å²) < 4.78 is 15.7. The van der Waals surface area contributed by atoms with Gasteiger partial charge in [-0.3, -0.25) is 4.79 Å². The molecule has 0 aliphatic carbocycles. The van der Waals surface area contributed by atoms with Gasteiger partial charge in [-0.15, -0.1) is 0 Å². The van der Waals surface area contributed by atoms with Crippen LogP contribution in [0.15, 0.2) is 45.8 Å². The quantitative estimate of drug-likeness (QED) is 0.765. The SMILES string of the molecule is COc1ccc(-c2coc3c(O)c(CO)c(OC)cc3c2=O)cc1. The van der Waals surface area contributed by atoms with Crippen molar-refractivity contribution in [2.75, 3.05) is 14.2 Å². The van der Waals surface area contributed by atoms with Crippen molar-refractivity contribution in [3.8, 4) is 28.4 Å². The van der Waals surface area contributed by atoms with Gasteiger partial charge in [0.15, 0.2) is 11.3 Å². The Labute approximate surface area is 137 Å². The number of aliphatic hydroxyl groups excluding tert-OH is 1. The van der Waals surface area contributed by atoms with E-state index in [4.69, 9.17) is 13.9 Å². The van der Waals surface area contributed by atoms with Crippen molar-refractivity contribution >= 4 is 11.0 Å². The number of rotatable bonds is 4. The largest absolute Gasteiger partial charge is 0.504 e. The van der Waals surface area contributed by atoms with Gasteiger partial charge in [0.1, 0.15) is 17.8 Å². The highest BCUT2D eigenvalue weighted by atomic mass is 16.5. The molecule has 0 amide bonds. The zero-order valence-electron chi connectivity index (χ0n) is 13.2. The highest BCUT2D eigenvalue weighted by Crippen LogP contribution is 2.36. The molecule has 0 atom stereocenters. The van der Waals surface area contributed by atoms with Gasteiger partial charge < -0.3 is 24.1 Å². The average Bonchev–Trinajstić information content (AvgIpc) is 2.62. The molecule has 24 heavy (non-hydrogen) atoms. The van der Waals surface area contributed by atoms with Crippen molar-refractivity contribution in [1.29, 1.82) is 0 Å². The van der Waals surface area contributed by atoms with E-state index in [1.54, 1.807) is 31.4 Å². The Hall–Kier alpha value is -2.99. The second-order valence-electron chi connectivity index (χ2n) is 5.15. The average molecular weight is 328 g/mol. The minimum Gasteiger partial charge on any atom is -0.504 e. The summed E-state index contributed by atoms with van der Waals surface area (Å²) >= 11 is 0. The number of benzene rings is 2. The molecule has 2 N–H and O–H groups in total. The lowest BCUT2D eigenvalue weighted by molar-refractivity contribution is 0.267. The monoisotopic (exact) mass is 328 g/mol. The summed E-state index contributed by atoms with van der Waals surface area (Å²) in [5, 5.41) is 19.8. The summed E-state index contributed by atoms with van der Waals surface area (Å²) in [5.74, 6) is 0.600. The van der Waals surface area contributed by atoms with E-state index in [1.165, 1.54) is 19.4 Å². The minimum atomic E-state index is -0.436. The van der Waals surface area contributed by atoms with Gasteiger partial charge in [-0.05, 0) is 23.8 Å². The van der Waals surface area contributed by atoms with Gasteiger partial charge in [0.2, 0.25) is 5.43 Å². The first-order valence-corrected chi connectivity index (χ1v) is 7.20. The van der Waals surface area contributed by atoms with Crippen LogP contribution in [0.4, 0.5) is 0 Å². The summed E-state index contributed by atoms with van der Waals surface area (Å²) in [5.41, 5.74) is 0.895. The highest BCUT2D eigenvalue weighted by molar-refractivity contribution is 5.88. The lowest BCUT2D eigenvalue weighted by Crippen LogP contribution is -2.06. The molecule has 6 nitrogen and oxygen atoms in total. The second kappa shape index (κ2) is 6.25. The normalized spacial score (nSPS) is 10.8. The molecule has 0 saturated carbocycles. The highest BCUT2D eigenvalue weighted by Gasteiger charge is 2.18. The number of hydrogen-bond donors (Lipinski definition) is 2. The second-order valence-corrected chi connectivity index (χ2v) is 5.15. The van der Waals surface area contributed by atoms with Gasteiger partial charge in [-0.25, -0.2) is 0 Å². The van der Waals surface area contributed by atoms with Crippen LogP contribution in [0.25, 0.3) is 22.1 Å². The van der Waals surface area contributed by atoms with Crippen LogP contribution in [0.2, 0.25) is 0 Å². The van der Waals surface area contributed by atoms with Crippen LogP contribution < -0.4 is 14.9 Å². The van der Waals surface area contributed by atoms with Gasteiger partial charge in [-0.1, -0.05) is 12.1 Å². The Morgan fingerprint density at radius 2 is 1.83 bits per heavy atom. The molecule has 0 aliphatic heterocycles. The van der Waals surface area contributed by atoms with E-state index in [0.717, 1.165) is 0 Å². The van der Waals surface area contributed by atoms with Crippen molar-refractivity contribution in [3.63, 3.8) is 0 Å². The van der Waals surface area contributed by atoms with Gasteiger partial charge in [0.05, 0.1) is 37.3 Å². The van der Waals surface area contributed by atoms with E-state index >= 15 is 0 Å².